The van der Waals surface area contributed by atoms with Gasteiger partial charge in [-0.15, -0.1) is 0 Å². The van der Waals surface area contributed by atoms with Crippen LogP contribution in [0.25, 0.3) is 0 Å². The van der Waals surface area contributed by atoms with Gasteiger partial charge in [-0.3, -0.25) is 0 Å². The molecule has 2 heteroatoms. The van der Waals surface area contributed by atoms with Crippen LogP contribution in [-0.4, -0.2) is 0 Å². The SMILES string of the molecule is Cc1cc(Br)cc(C2(N)CCCC2)c1C. The molecule has 1 nitrogen and oxygen atoms in total. The molecule has 0 heterocycles. The zero-order valence-electron chi connectivity index (χ0n) is 9.44. The third-order valence-corrected chi connectivity index (χ3v) is 4.12. The highest BCUT2D eigenvalue weighted by atomic mass is 79.9. The molecular formula is C13H18BrN. The number of halogens is 1. The Labute approximate surface area is 100 Å². The van der Waals surface area contributed by atoms with Gasteiger partial charge in [-0.1, -0.05) is 28.8 Å². The minimum absolute atomic E-state index is 0.0708. The Kier molecular flexibility index (Phi) is 2.91. The van der Waals surface area contributed by atoms with Crippen LogP contribution >= 0.6 is 15.9 Å². The molecular weight excluding hydrogens is 250 g/mol. The van der Waals surface area contributed by atoms with E-state index in [1.165, 1.54) is 29.5 Å². The molecule has 1 fully saturated rings. The number of hydrogen-bond acceptors (Lipinski definition) is 1. The van der Waals surface area contributed by atoms with Crippen molar-refractivity contribution in [2.24, 2.45) is 5.73 Å². The molecule has 2 rings (SSSR count). The molecule has 15 heavy (non-hydrogen) atoms. The van der Waals surface area contributed by atoms with E-state index in [9.17, 15) is 0 Å². The first-order valence-corrected chi connectivity index (χ1v) is 6.38. The van der Waals surface area contributed by atoms with Crippen LogP contribution in [0.2, 0.25) is 0 Å². The van der Waals surface area contributed by atoms with E-state index in [0.717, 1.165) is 17.3 Å². The second-order valence-corrected chi connectivity index (χ2v) is 5.67. The maximum atomic E-state index is 6.50. The Bertz CT molecular complexity index is 378. The highest BCUT2D eigenvalue weighted by Gasteiger charge is 2.32. The Hall–Kier alpha value is -0.340. The predicted molar refractivity (Wildman–Crippen MR) is 67.9 cm³/mol. The standard InChI is InChI=1S/C13H18BrN/c1-9-7-11(14)8-12(10(9)2)13(15)5-3-4-6-13/h7-8H,3-6,15H2,1-2H3. The second-order valence-electron chi connectivity index (χ2n) is 4.76. The van der Waals surface area contributed by atoms with Crippen molar-refractivity contribution in [3.8, 4) is 0 Å². The molecule has 1 aromatic rings. The molecule has 0 spiro atoms. The highest BCUT2D eigenvalue weighted by Crippen LogP contribution is 2.39. The van der Waals surface area contributed by atoms with Gasteiger partial charge in [0.25, 0.3) is 0 Å². The summed E-state index contributed by atoms with van der Waals surface area (Å²) < 4.78 is 1.15. The molecule has 0 saturated heterocycles. The van der Waals surface area contributed by atoms with Crippen molar-refractivity contribution in [2.45, 2.75) is 45.1 Å². The minimum Gasteiger partial charge on any atom is -0.321 e. The van der Waals surface area contributed by atoms with Crippen LogP contribution in [-0.2, 0) is 5.54 Å². The molecule has 0 bridgehead atoms. The van der Waals surface area contributed by atoms with Crippen LogP contribution in [0.1, 0.15) is 42.4 Å². The van der Waals surface area contributed by atoms with Crippen molar-refractivity contribution in [2.75, 3.05) is 0 Å². The molecule has 2 N–H and O–H groups in total. The van der Waals surface area contributed by atoms with E-state index in [1.54, 1.807) is 0 Å². The van der Waals surface area contributed by atoms with E-state index in [4.69, 9.17) is 5.73 Å². The fourth-order valence-electron chi connectivity index (χ4n) is 2.61. The molecule has 0 radical (unpaired) electrons. The van der Waals surface area contributed by atoms with Gasteiger partial charge in [0.05, 0.1) is 0 Å². The minimum atomic E-state index is -0.0708. The van der Waals surface area contributed by atoms with Crippen LogP contribution in [0, 0.1) is 13.8 Å². The van der Waals surface area contributed by atoms with Crippen molar-refractivity contribution in [3.63, 3.8) is 0 Å². The summed E-state index contributed by atoms with van der Waals surface area (Å²) in [5, 5.41) is 0. The van der Waals surface area contributed by atoms with Crippen LogP contribution in [0.15, 0.2) is 16.6 Å². The molecule has 0 aromatic heterocycles. The lowest BCUT2D eigenvalue weighted by molar-refractivity contribution is 0.458. The Morgan fingerprint density at radius 1 is 1.20 bits per heavy atom. The first-order valence-electron chi connectivity index (χ1n) is 5.59. The van der Waals surface area contributed by atoms with E-state index < -0.39 is 0 Å². The summed E-state index contributed by atoms with van der Waals surface area (Å²) in [4.78, 5) is 0. The average Bonchev–Trinajstić information content (AvgIpc) is 2.59. The lowest BCUT2D eigenvalue weighted by Gasteiger charge is -2.27. The summed E-state index contributed by atoms with van der Waals surface area (Å²) in [7, 11) is 0. The number of aryl methyl sites for hydroxylation is 1. The van der Waals surface area contributed by atoms with Gasteiger partial charge < -0.3 is 5.73 Å². The van der Waals surface area contributed by atoms with Gasteiger partial charge in [0, 0.05) is 10.0 Å². The molecule has 0 aliphatic heterocycles. The summed E-state index contributed by atoms with van der Waals surface area (Å²) in [6.45, 7) is 4.34. The van der Waals surface area contributed by atoms with Crippen molar-refractivity contribution < 1.29 is 0 Å². The van der Waals surface area contributed by atoms with Gasteiger partial charge in [0.2, 0.25) is 0 Å². The molecule has 1 aliphatic carbocycles. The maximum absolute atomic E-state index is 6.50. The first kappa shape index (κ1) is 11.2. The maximum Gasteiger partial charge on any atom is 0.0412 e. The fourth-order valence-corrected chi connectivity index (χ4v) is 3.18. The zero-order chi connectivity index (χ0) is 11.1. The van der Waals surface area contributed by atoms with Crippen LogP contribution in [0.5, 0.6) is 0 Å². The molecule has 0 amide bonds. The third kappa shape index (κ3) is 1.98. The summed E-state index contributed by atoms with van der Waals surface area (Å²) in [6.07, 6.45) is 4.79. The average molecular weight is 268 g/mol. The first-order chi connectivity index (χ1) is 7.03. The van der Waals surface area contributed by atoms with Gasteiger partial charge in [-0.25, -0.2) is 0 Å². The van der Waals surface area contributed by atoms with Crippen molar-refractivity contribution in [1.29, 1.82) is 0 Å². The van der Waals surface area contributed by atoms with E-state index in [-0.39, 0.29) is 5.54 Å². The van der Waals surface area contributed by atoms with Crippen molar-refractivity contribution >= 4 is 15.9 Å². The smallest absolute Gasteiger partial charge is 0.0412 e. The van der Waals surface area contributed by atoms with E-state index in [0.29, 0.717) is 0 Å². The highest BCUT2D eigenvalue weighted by molar-refractivity contribution is 9.10. The normalized spacial score (nSPS) is 19.5. The summed E-state index contributed by atoms with van der Waals surface area (Å²) in [5.74, 6) is 0. The second kappa shape index (κ2) is 3.91. The molecule has 1 aromatic carbocycles. The van der Waals surface area contributed by atoms with E-state index >= 15 is 0 Å². The van der Waals surface area contributed by atoms with E-state index in [2.05, 4.69) is 41.9 Å². The van der Waals surface area contributed by atoms with Crippen molar-refractivity contribution in [3.05, 3.63) is 33.3 Å². The van der Waals surface area contributed by atoms with Crippen LogP contribution < -0.4 is 5.73 Å². The number of nitrogens with two attached hydrogens (primary N) is 1. The van der Waals surface area contributed by atoms with Crippen LogP contribution in [0.3, 0.4) is 0 Å². The van der Waals surface area contributed by atoms with Crippen molar-refractivity contribution in [1.82, 2.24) is 0 Å². The van der Waals surface area contributed by atoms with Gasteiger partial charge in [0.15, 0.2) is 0 Å². The molecule has 82 valence electrons. The lowest BCUT2D eigenvalue weighted by atomic mass is 9.85. The summed E-state index contributed by atoms with van der Waals surface area (Å²) in [6, 6.07) is 4.37. The topological polar surface area (TPSA) is 26.0 Å². The third-order valence-electron chi connectivity index (χ3n) is 3.66. The van der Waals surface area contributed by atoms with Gasteiger partial charge in [0.1, 0.15) is 0 Å². The Morgan fingerprint density at radius 3 is 2.40 bits per heavy atom. The summed E-state index contributed by atoms with van der Waals surface area (Å²) >= 11 is 3.56. The lowest BCUT2D eigenvalue weighted by Crippen LogP contribution is -2.34. The number of rotatable bonds is 1. The van der Waals surface area contributed by atoms with Crippen LogP contribution in [0.4, 0.5) is 0 Å². The van der Waals surface area contributed by atoms with Gasteiger partial charge in [-0.05, 0) is 55.5 Å². The van der Waals surface area contributed by atoms with Gasteiger partial charge in [-0.2, -0.15) is 0 Å². The van der Waals surface area contributed by atoms with E-state index in [1.807, 2.05) is 0 Å². The van der Waals surface area contributed by atoms with Gasteiger partial charge >= 0.3 is 0 Å². The Morgan fingerprint density at radius 2 is 1.80 bits per heavy atom. The zero-order valence-corrected chi connectivity index (χ0v) is 11.0. The molecule has 1 aliphatic rings. The fraction of sp³-hybridized carbons (Fsp3) is 0.538. The predicted octanol–water partition coefficient (Wildman–Crippen LogP) is 3.79. The molecule has 0 atom stereocenters. The Balaban J connectivity index is 2.51. The largest absolute Gasteiger partial charge is 0.321 e. The summed E-state index contributed by atoms with van der Waals surface area (Å²) in [5.41, 5.74) is 10.5. The quantitative estimate of drug-likeness (QED) is 0.823. The number of benzene rings is 1. The molecule has 0 unspecified atom stereocenters. The monoisotopic (exact) mass is 267 g/mol. The number of hydrogen-bond donors (Lipinski definition) is 1. The molecule has 1 saturated carbocycles.